The number of rotatable bonds is 6. The highest BCUT2D eigenvalue weighted by Crippen LogP contribution is 2.15. The van der Waals surface area contributed by atoms with E-state index in [0.29, 0.717) is 0 Å². The second-order valence-corrected chi connectivity index (χ2v) is 8.19. The molecule has 2 atom stereocenters. The predicted molar refractivity (Wildman–Crippen MR) is 101 cm³/mol. The predicted octanol–water partition coefficient (Wildman–Crippen LogP) is 3.80. The van der Waals surface area contributed by atoms with Gasteiger partial charge in [0.1, 0.15) is 22.5 Å². The first kappa shape index (κ1) is 20.7. The maximum atomic E-state index is 13.7. The van der Waals surface area contributed by atoms with Crippen LogP contribution in [-0.2, 0) is 22.4 Å². The summed E-state index contributed by atoms with van der Waals surface area (Å²) >= 11 is -3.27. The summed E-state index contributed by atoms with van der Waals surface area (Å²) in [7, 11) is 0. The van der Waals surface area contributed by atoms with Crippen LogP contribution >= 0.6 is 0 Å². The lowest BCUT2D eigenvalue weighted by atomic mass is 10.1. The van der Waals surface area contributed by atoms with Crippen LogP contribution < -0.4 is 0 Å². The van der Waals surface area contributed by atoms with Crippen LogP contribution in [-0.4, -0.2) is 14.2 Å². The van der Waals surface area contributed by atoms with Gasteiger partial charge in [0, 0.05) is 33.5 Å². The average molecular weight is 402 g/mol. The van der Waals surface area contributed by atoms with Gasteiger partial charge in [0.05, 0.1) is 23.3 Å². The van der Waals surface area contributed by atoms with Crippen LogP contribution in [0.15, 0.2) is 47.2 Å². The fourth-order valence-corrected chi connectivity index (χ4v) is 4.10. The van der Waals surface area contributed by atoms with Gasteiger partial charge in [-0.05, 0) is 36.4 Å². The van der Waals surface area contributed by atoms with Crippen molar-refractivity contribution in [1.82, 2.24) is 0 Å². The van der Waals surface area contributed by atoms with Crippen LogP contribution in [0.3, 0.4) is 0 Å². The van der Waals surface area contributed by atoms with E-state index in [1.807, 2.05) is 12.1 Å². The van der Waals surface area contributed by atoms with Crippen LogP contribution in [0, 0.1) is 34.3 Å². The van der Waals surface area contributed by atoms with Gasteiger partial charge in [-0.1, -0.05) is 12.1 Å². The van der Waals surface area contributed by atoms with Gasteiger partial charge in [-0.15, -0.1) is 0 Å². The highest BCUT2D eigenvalue weighted by atomic mass is 32.3. The molecule has 0 saturated carbocycles. The van der Waals surface area contributed by atoms with E-state index in [-0.39, 0.29) is 27.3 Å². The Morgan fingerprint density at radius 1 is 0.815 bits per heavy atom. The summed E-state index contributed by atoms with van der Waals surface area (Å²) in [6.45, 7) is 0. The molecule has 0 heterocycles. The first-order valence-electron chi connectivity index (χ1n) is 7.43. The highest BCUT2D eigenvalue weighted by Gasteiger charge is 2.13. The van der Waals surface area contributed by atoms with Crippen LogP contribution in [0.1, 0.15) is 22.3 Å². The van der Waals surface area contributed by atoms with E-state index in [9.17, 15) is 17.9 Å². The Morgan fingerprint density at radius 2 is 1.22 bits per heavy atom. The number of halogens is 2. The molecule has 0 aliphatic carbocycles. The Labute approximate surface area is 161 Å². The number of nitrogens with zero attached hydrogens (tertiary/aromatic N) is 2. The molecule has 0 radical (unpaired) electrons. The van der Waals surface area contributed by atoms with Crippen molar-refractivity contribution in [2.75, 3.05) is 5.08 Å². The molecule has 0 bridgehead atoms. The standard InChI is InChI=1S/C19H12F2N2O2S2/c20-18-9-14(11-22)1-3-16(18)5-7-26(24)13-27(25)8-6-17-4-2-15(12-23)10-19(17)21/h1-10H,13H2. The van der Waals surface area contributed by atoms with E-state index in [1.165, 1.54) is 47.2 Å². The summed E-state index contributed by atoms with van der Waals surface area (Å²) in [5, 5.41) is 19.6. The van der Waals surface area contributed by atoms with Crippen molar-refractivity contribution < 1.29 is 17.9 Å². The van der Waals surface area contributed by atoms with Gasteiger partial charge in [-0.3, -0.25) is 0 Å². The molecule has 27 heavy (non-hydrogen) atoms. The zero-order valence-electron chi connectivity index (χ0n) is 13.8. The second-order valence-electron chi connectivity index (χ2n) is 5.18. The van der Waals surface area contributed by atoms with E-state index in [4.69, 9.17) is 10.5 Å². The van der Waals surface area contributed by atoms with Gasteiger partial charge in [0.25, 0.3) is 5.08 Å². The third kappa shape index (κ3) is 6.24. The number of hydrogen-bond acceptors (Lipinski definition) is 4. The van der Waals surface area contributed by atoms with Crippen LogP contribution in [0.2, 0.25) is 0 Å². The fraction of sp³-hybridized carbons (Fsp3) is 0.0526. The van der Waals surface area contributed by atoms with Gasteiger partial charge >= 0.3 is 0 Å². The number of nitriles is 2. The zero-order valence-corrected chi connectivity index (χ0v) is 15.4. The molecule has 2 aromatic rings. The van der Waals surface area contributed by atoms with Gasteiger partial charge in [-0.2, -0.15) is 10.5 Å². The van der Waals surface area contributed by atoms with Crippen molar-refractivity contribution in [3.8, 4) is 12.1 Å². The Bertz CT molecular complexity index is 888. The van der Waals surface area contributed by atoms with E-state index >= 15 is 0 Å². The van der Waals surface area contributed by atoms with Crippen molar-refractivity contribution >= 4 is 34.5 Å². The average Bonchev–Trinajstić information content (AvgIpc) is 2.65. The summed E-state index contributed by atoms with van der Waals surface area (Å²) in [5.41, 5.74) is 0.658. The van der Waals surface area contributed by atoms with Gasteiger partial charge in [-0.25, -0.2) is 8.78 Å². The monoisotopic (exact) mass is 402 g/mol. The van der Waals surface area contributed by atoms with Crippen LogP contribution in [0.25, 0.3) is 12.2 Å². The molecule has 0 fully saturated rings. The lowest BCUT2D eigenvalue weighted by Crippen LogP contribution is -2.12. The fourth-order valence-electron chi connectivity index (χ4n) is 1.96. The Kier molecular flexibility index (Phi) is 7.59. The maximum Gasteiger partial charge on any atom is 0.262 e. The van der Waals surface area contributed by atoms with Crippen molar-refractivity contribution in [2.24, 2.45) is 0 Å². The van der Waals surface area contributed by atoms with Crippen LogP contribution in [0.4, 0.5) is 8.78 Å². The minimum Gasteiger partial charge on any atom is -0.608 e. The topological polar surface area (TPSA) is 93.7 Å². The van der Waals surface area contributed by atoms with E-state index in [1.54, 1.807) is 0 Å². The molecule has 0 aliphatic heterocycles. The van der Waals surface area contributed by atoms with Crippen molar-refractivity contribution in [1.29, 1.82) is 10.5 Å². The highest BCUT2D eigenvalue weighted by molar-refractivity contribution is 8.10. The molecule has 4 nitrogen and oxygen atoms in total. The smallest absolute Gasteiger partial charge is 0.262 e. The third-order valence-corrected chi connectivity index (χ3v) is 6.03. The molecule has 136 valence electrons. The molecule has 8 heteroatoms. The summed E-state index contributed by atoms with van der Waals surface area (Å²) in [5.74, 6) is -1.25. The number of hydrogen-bond donors (Lipinski definition) is 0. The van der Waals surface area contributed by atoms with Crippen molar-refractivity contribution in [2.45, 2.75) is 0 Å². The summed E-state index contributed by atoms with van der Waals surface area (Å²) < 4.78 is 51.3. The molecule has 2 rings (SSSR count). The molecule has 0 aliphatic rings. The molecule has 0 amide bonds. The van der Waals surface area contributed by atoms with Crippen LogP contribution in [0.5, 0.6) is 0 Å². The molecule has 0 N–H and O–H groups in total. The Hall–Kier alpha value is -2.62. The summed E-state index contributed by atoms with van der Waals surface area (Å²) in [6, 6.07) is 11.4. The second kappa shape index (κ2) is 9.91. The SMILES string of the molecule is N#Cc1ccc(C=C[S+]([O-])C[S+]([O-])C=Cc2ccc(C#N)cc2F)c(F)c1. The zero-order chi connectivity index (χ0) is 19.8. The lowest BCUT2D eigenvalue weighted by Gasteiger charge is -2.08. The quantitative estimate of drug-likeness (QED) is 0.687. The molecular weight excluding hydrogens is 390 g/mol. The van der Waals surface area contributed by atoms with Crippen molar-refractivity contribution in [3.63, 3.8) is 0 Å². The Morgan fingerprint density at radius 3 is 1.56 bits per heavy atom. The molecule has 2 aromatic carbocycles. The lowest BCUT2D eigenvalue weighted by molar-refractivity contribution is 0.596. The Balaban J connectivity index is 1.96. The van der Waals surface area contributed by atoms with Gasteiger partial charge in [0.15, 0.2) is 0 Å². The molecule has 0 spiro atoms. The normalized spacial score (nSPS) is 13.4. The van der Waals surface area contributed by atoms with E-state index in [2.05, 4.69) is 0 Å². The summed E-state index contributed by atoms with van der Waals surface area (Å²) in [6.07, 6.45) is 2.57. The van der Waals surface area contributed by atoms with E-state index in [0.717, 1.165) is 12.1 Å². The van der Waals surface area contributed by atoms with Gasteiger partial charge in [0.2, 0.25) is 0 Å². The molecular formula is C19H12F2N2O2S2. The first-order chi connectivity index (χ1) is 12.9. The molecule has 0 aromatic heterocycles. The largest absolute Gasteiger partial charge is 0.608 e. The molecule has 2 unspecified atom stereocenters. The van der Waals surface area contributed by atoms with E-state index < -0.39 is 34.0 Å². The molecule has 0 saturated heterocycles. The maximum absolute atomic E-state index is 13.7. The van der Waals surface area contributed by atoms with Gasteiger partial charge < -0.3 is 9.11 Å². The minimum absolute atomic E-state index is 0.156. The first-order valence-corrected chi connectivity index (χ1v) is 10.2. The summed E-state index contributed by atoms with van der Waals surface area (Å²) in [4.78, 5) is 0. The van der Waals surface area contributed by atoms with Crippen molar-refractivity contribution in [3.05, 3.63) is 81.1 Å². The third-order valence-electron chi connectivity index (χ3n) is 3.29. The number of benzene rings is 2. The minimum atomic E-state index is -1.63.